The predicted octanol–water partition coefficient (Wildman–Crippen LogP) is 3.32. The first-order valence-electron chi connectivity index (χ1n) is 10.2. The summed E-state index contributed by atoms with van der Waals surface area (Å²) in [6.07, 6.45) is 3.93. The smallest absolute Gasteiger partial charge is 0.313 e. The minimum Gasteiger partial charge on any atom is -0.372 e. The van der Waals surface area contributed by atoms with Crippen LogP contribution in [0.25, 0.3) is 0 Å². The number of hydrogen-bond acceptors (Lipinski definition) is 3. The van der Waals surface area contributed by atoms with Crippen LogP contribution in [0.4, 0.5) is 11.4 Å². The van der Waals surface area contributed by atoms with Gasteiger partial charge in [-0.3, -0.25) is 9.59 Å². The van der Waals surface area contributed by atoms with E-state index in [1.54, 1.807) is 0 Å². The average molecular weight is 380 g/mol. The van der Waals surface area contributed by atoms with Crippen molar-refractivity contribution in [3.05, 3.63) is 59.2 Å². The van der Waals surface area contributed by atoms with Gasteiger partial charge in [-0.05, 0) is 67.5 Å². The molecule has 28 heavy (non-hydrogen) atoms. The first-order chi connectivity index (χ1) is 13.6. The summed E-state index contributed by atoms with van der Waals surface area (Å²) in [4.78, 5) is 26.5. The number of hydrogen-bond donors (Lipinski definition) is 2. The van der Waals surface area contributed by atoms with Crippen LogP contribution in [0.3, 0.4) is 0 Å². The van der Waals surface area contributed by atoms with E-state index in [0.717, 1.165) is 25.9 Å². The van der Waals surface area contributed by atoms with Crippen molar-refractivity contribution < 1.29 is 9.59 Å². The molecule has 2 aromatic carbocycles. The van der Waals surface area contributed by atoms with Crippen LogP contribution in [0.15, 0.2) is 42.5 Å². The molecule has 1 heterocycles. The van der Waals surface area contributed by atoms with E-state index in [1.807, 2.05) is 24.3 Å². The van der Waals surface area contributed by atoms with Crippen LogP contribution >= 0.6 is 0 Å². The number of carbonyl (C=O) groups is 2. The second kappa shape index (κ2) is 9.40. The molecule has 0 radical (unpaired) electrons. The molecule has 2 amide bonds. The van der Waals surface area contributed by atoms with Gasteiger partial charge in [0.2, 0.25) is 0 Å². The minimum atomic E-state index is -0.631. The Bertz CT molecular complexity index is 830. The summed E-state index contributed by atoms with van der Waals surface area (Å²) in [7, 11) is 0. The van der Waals surface area contributed by atoms with E-state index in [9.17, 15) is 9.59 Å². The van der Waals surface area contributed by atoms with E-state index >= 15 is 0 Å². The van der Waals surface area contributed by atoms with Gasteiger partial charge < -0.3 is 15.5 Å². The maximum atomic E-state index is 12.0. The van der Waals surface area contributed by atoms with Gasteiger partial charge in [0.05, 0.1) is 0 Å². The van der Waals surface area contributed by atoms with Gasteiger partial charge in [0.25, 0.3) is 0 Å². The first kappa shape index (κ1) is 19.9. The Balaban J connectivity index is 1.48. The maximum Gasteiger partial charge on any atom is 0.313 e. The highest BCUT2D eigenvalue weighted by molar-refractivity contribution is 6.39. The van der Waals surface area contributed by atoms with E-state index in [1.165, 1.54) is 28.8 Å². The van der Waals surface area contributed by atoms with Gasteiger partial charge >= 0.3 is 11.8 Å². The van der Waals surface area contributed by atoms with Crippen LogP contribution < -0.4 is 15.5 Å². The normalized spacial score (nSPS) is 13.0. The monoisotopic (exact) mass is 379 g/mol. The van der Waals surface area contributed by atoms with Gasteiger partial charge in [0.1, 0.15) is 0 Å². The van der Waals surface area contributed by atoms with Crippen LogP contribution in [0.2, 0.25) is 0 Å². The number of benzene rings is 2. The van der Waals surface area contributed by atoms with Crippen molar-refractivity contribution in [1.82, 2.24) is 5.32 Å². The molecule has 0 saturated heterocycles. The molecule has 148 valence electrons. The molecule has 3 rings (SSSR count). The Morgan fingerprint density at radius 3 is 2.46 bits per heavy atom. The van der Waals surface area contributed by atoms with Gasteiger partial charge in [0.15, 0.2) is 0 Å². The highest BCUT2D eigenvalue weighted by atomic mass is 16.2. The Kier molecular flexibility index (Phi) is 6.69. The molecule has 0 bridgehead atoms. The van der Waals surface area contributed by atoms with Crippen molar-refractivity contribution in [2.75, 3.05) is 29.9 Å². The molecule has 2 N–H and O–H groups in total. The maximum absolute atomic E-state index is 12.0. The van der Waals surface area contributed by atoms with Crippen molar-refractivity contribution >= 4 is 23.2 Å². The molecule has 1 aliphatic rings. The number of fused-ring (bicyclic) bond motifs is 1. The van der Waals surface area contributed by atoms with Crippen molar-refractivity contribution in [2.45, 2.75) is 39.5 Å². The third-order valence-electron chi connectivity index (χ3n) is 5.27. The number of rotatable bonds is 6. The molecule has 1 aliphatic heterocycles. The Hall–Kier alpha value is -2.82. The fourth-order valence-electron chi connectivity index (χ4n) is 3.62. The molecule has 0 spiro atoms. The van der Waals surface area contributed by atoms with Crippen LogP contribution in [0.1, 0.15) is 37.0 Å². The van der Waals surface area contributed by atoms with Gasteiger partial charge in [-0.2, -0.15) is 0 Å². The fraction of sp³-hybridized carbons (Fsp3) is 0.391. The summed E-state index contributed by atoms with van der Waals surface area (Å²) in [6.45, 7) is 6.84. The summed E-state index contributed by atoms with van der Waals surface area (Å²) < 4.78 is 0. The third-order valence-corrected chi connectivity index (χ3v) is 5.27. The number of nitrogens with one attached hydrogen (secondary N) is 2. The largest absolute Gasteiger partial charge is 0.372 e. The minimum absolute atomic E-state index is 0.442. The predicted molar refractivity (Wildman–Crippen MR) is 114 cm³/mol. The molecular weight excluding hydrogens is 350 g/mol. The zero-order chi connectivity index (χ0) is 19.9. The first-order valence-corrected chi connectivity index (χ1v) is 10.2. The SMILES string of the molecule is CCc1ccc(NC(=O)C(=O)NCCc2ccc3c(c2)CCCN3CC)cc1. The van der Waals surface area contributed by atoms with Crippen molar-refractivity contribution in [2.24, 2.45) is 0 Å². The lowest BCUT2D eigenvalue weighted by atomic mass is 9.98. The van der Waals surface area contributed by atoms with Gasteiger partial charge in [-0.1, -0.05) is 31.2 Å². The molecule has 0 aromatic heterocycles. The van der Waals surface area contributed by atoms with Crippen LogP contribution in [0, 0.1) is 0 Å². The molecule has 2 aromatic rings. The fourth-order valence-corrected chi connectivity index (χ4v) is 3.62. The van der Waals surface area contributed by atoms with E-state index < -0.39 is 11.8 Å². The molecule has 5 heteroatoms. The quantitative estimate of drug-likeness (QED) is 0.757. The lowest BCUT2D eigenvalue weighted by Crippen LogP contribution is -2.36. The molecule has 0 unspecified atom stereocenters. The van der Waals surface area contributed by atoms with Crippen molar-refractivity contribution in [1.29, 1.82) is 0 Å². The van der Waals surface area contributed by atoms with Crippen molar-refractivity contribution in [3.8, 4) is 0 Å². The summed E-state index contributed by atoms with van der Waals surface area (Å²) >= 11 is 0. The topological polar surface area (TPSA) is 61.4 Å². The third kappa shape index (κ3) is 4.91. The molecule has 0 fully saturated rings. The zero-order valence-corrected chi connectivity index (χ0v) is 16.8. The zero-order valence-electron chi connectivity index (χ0n) is 16.8. The lowest BCUT2D eigenvalue weighted by molar-refractivity contribution is -0.136. The Morgan fingerprint density at radius 2 is 1.75 bits per heavy atom. The highest BCUT2D eigenvalue weighted by Crippen LogP contribution is 2.27. The molecule has 0 aliphatic carbocycles. The number of amides is 2. The number of nitrogens with zero attached hydrogens (tertiary/aromatic N) is 1. The molecule has 0 saturated carbocycles. The molecular formula is C23H29N3O2. The molecule has 0 atom stereocenters. The van der Waals surface area contributed by atoms with E-state index in [2.05, 4.69) is 47.6 Å². The Morgan fingerprint density at radius 1 is 1.00 bits per heavy atom. The van der Waals surface area contributed by atoms with Gasteiger partial charge in [-0.25, -0.2) is 0 Å². The second-order valence-corrected chi connectivity index (χ2v) is 7.16. The van der Waals surface area contributed by atoms with E-state index in [4.69, 9.17) is 0 Å². The van der Waals surface area contributed by atoms with Crippen LogP contribution in [0.5, 0.6) is 0 Å². The van der Waals surface area contributed by atoms with Gasteiger partial charge in [0, 0.05) is 31.0 Å². The van der Waals surface area contributed by atoms with Crippen LogP contribution in [-0.4, -0.2) is 31.4 Å². The summed E-state index contributed by atoms with van der Waals surface area (Å²) in [6, 6.07) is 14.1. The lowest BCUT2D eigenvalue weighted by Gasteiger charge is -2.30. The number of aryl methyl sites for hydroxylation is 2. The average Bonchev–Trinajstić information content (AvgIpc) is 2.73. The summed E-state index contributed by atoms with van der Waals surface area (Å²) in [5.41, 5.74) is 5.72. The Labute approximate surface area is 167 Å². The van der Waals surface area contributed by atoms with E-state index in [0.29, 0.717) is 18.7 Å². The van der Waals surface area contributed by atoms with Crippen molar-refractivity contribution in [3.63, 3.8) is 0 Å². The number of carbonyl (C=O) groups excluding carboxylic acids is 2. The summed E-state index contributed by atoms with van der Waals surface area (Å²) in [5.74, 6) is -1.23. The number of anilines is 2. The molecule has 5 nitrogen and oxygen atoms in total. The standard InChI is InChI=1S/C23H29N3O2/c1-3-17-7-10-20(11-8-17)25-23(28)22(27)24-14-13-18-9-12-21-19(16-18)6-5-15-26(21)4-2/h7-12,16H,3-6,13-15H2,1-2H3,(H,24,27)(H,25,28). The second-order valence-electron chi connectivity index (χ2n) is 7.16. The van der Waals surface area contributed by atoms with Crippen LogP contribution in [-0.2, 0) is 28.9 Å². The summed E-state index contributed by atoms with van der Waals surface area (Å²) in [5, 5.41) is 5.35. The highest BCUT2D eigenvalue weighted by Gasteiger charge is 2.16. The van der Waals surface area contributed by atoms with E-state index in [-0.39, 0.29) is 0 Å². The van der Waals surface area contributed by atoms with Gasteiger partial charge in [-0.15, -0.1) is 0 Å².